The van der Waals surface area contributed by atoms with E-state index in [-0.39, 0.29) is 31.3 Å². The highest BCUT2D eigenvalue weighted by molar-refractivity contribution is 6.02. The summed E-state index contributed by atoms with van der Waals surface area (Å²) in [6.07, 6.45) is 0.392. The summed E-state index contributed by atoms with van der Waals surface area (Å²) in [6, 6.07) is 7.22. The standard InChI is InChI=1S/C13H14N2O4/c16-11-7-15(8-12(17)14-11)10-4-2-1-3-9(10)5-6-13(18)19/h1-4H,5-8H2,(H,18,19)(H,14,16,17). The summed E-state index contributed by atoms with van der Waals surface area (Å²) in [5, 5.41) is 11.0. The molecule has 1 fully saturated rings. The molecule has 19 heavy (non-hydrogen) atoms. The third-order valence-corrected chi connectivity index (χ3v) is 2.89. The number of rotatable bonds is 4. The quantitative estimate of drug-likeness (QED) is 0.755. The van der Waals surface area contributed by atoms with Crippen LogP contribution in [0.3, 0.4) is 0 Å². The first-order valence-electron chi connectivity index (χ1n) is 5.93. The minimum absolute atomic E-state index is 0.0188. The second-order valence-corrected chi connectivity index (χ2v) is 4.35. The third kappa shape index (κ3) is 3.31. The second-order valence-electron chi connectivity index (χ2n) is 4.35. The zero-order valence-electron chi connectivity index (χ0n) is 10.3. The molecule has 0 aliphatic carbocycles. The maximum absolute atomic E-state index is 11.4. The van der Waals surface area contributed by atoms with Crippen LogP contribution in [0.15, 0.2) is 24.3 Å². The number of para-hydroxylation sites is 1. The van der Waals surface area contributed by atoms with Crippen LogP contribution < -0.4 is 10.2 Å². The second kappa shape index (κ2) is 5.51. The first-order valence-corrected chi connectivity index (χ1v) is 5.93. The number of hydrogen-bond acceptors (Lipinski definition) is 4. The van der Waals surface area contributed by atoms with E-state index in [0.717, 1.165) is 11.3 Å². The van der Waals surface area contributed by atoms with Gasteiger partial charge >= 0.3 is 5.97 Å². The van der Waals surface area contributed by atoms with E-state index in [2.05, 4.69) is 5.32 Å². The molecule has 1 aliphatic heterocycles. The van der Waals surface area contributed by atoms with Gasteiger partial charge in [0.2, 0.25) is 11.8 Å². The van der Waals surface area contributed by atoms with Gasteiger partial charge in [-0.25, -0.2) is 0 Å². The Kier molecular flexibility index (Phi) is 3.79. The van der Waals surface area contributed by atoms with E-state index in [9.17, 15) is 14.4 Å². The van der Waals surface area contributed by atoms with Crippen molar-refractivity contribution in [2.75, 3.05) is 18.0 Å². The van der Waals surface area contributed by atoms with Gasteiger partial charge in [-0.1, -0.05) is 18.2 Å². The van der Waals surface area contributed by atoms with Crippen molar-refractivity contribution < 1.29 is 19.5 Å². The summed E-state index contributed by atoms with van der Waals surface area (Å²) in [6.45, 7) is 0.214. The molecule has 2 amide bonds. The van der Waals surface area contributed by atoms with E-state index in [4.69, 9.17) is 5.11 Å². The Labute approximate surface area is 110 Å². The molecule has 0 spiro atoms. The van der Waals surface area contributed by atoms with Gasteiger partial charge in [-0.2, -0.15) is 0 Å². The number of nitrogens with zero attached hydrogens (tertiary/aromatic N) is 1. The van der Waals surface area contributed by atoms with Crippen molar-refractivity contribution in [1.82, 2.24) is 5.32 Å². The summed E-state index contributed by atoms with van der Waals surface area (Å²) in [4.78, 5) is 35.0. The predicted molar refractivity (Wildman–Crippen MR) is 67.8 cm³/mol. The van der Waals surface area contributed by atoms with Crippen LogP contribution in [0.25, 0.3) is 0 Å². The lowest BCUT2D eigenvalue weighted by atomic mass is 10.1. The number of carboxylic acids is 1. The smallest absolute Gasteiger partial charge is 0.303 e. The summed E-state index contributed by atoms with van der Waals surface area (Å²) in [5.74, 6) is -1.56. The van der Waals surface area contributed by atoms with Crippen LogP contribution in [-0.4, -0.2) is 36.0 Å². The minimum atomic E-state index is -0.873. The minimum Gasteiger partial charge on any atom is -0.481 e. The number of amides is 2. The lowest BCUT2D eigenvalue weighted by Crippen LogP contribution is -2.51. The summed E-state index contributed by atoms with van der Waals surface area (Å²) in [5.41, 5.74) is 1.57. The van der Waals surface area contributed by atoms with Crippen molar-refractivity contribution in [3.8, 4) is 0 Å². The van der Waals surface area contributed by atoms with Gasteiger partial charge in [0.25, 0.3) is 0 Å². The van der Waals surface area contributed by atoms with E-state index in [1.54, 1.807) is 17.0 Å². The SMILES string of the molecule is O=C(O)CCc1ccccc1N1CC(=O)NC(=O)C1. The van der Waals surface area contributed by atoms with Crippen LogP contribution >= 0.6 is 0 Å². The van der Waals surface area contributed by atoms with Crippen LogP contribution in [0.5, 0.6) is 0 Å². The lowest BCUT2D eigenvalue weighted by molar-refractivity contribution is -0.137. The molecule has 2 rings (SSSR count). The number of aliphatic carboxylic acids is 1. The van der Waals surface area contributed by atoms with E-state index in [1.165, 1.54) is 0 Å². The van der Waals surface area contributed by atoms with Crippen molar-refractivity contribution in [3.63, 3.8) is 0 Å². The first kappa shape index (κ1) is 13.1. The lowest BCUT2D eigenvalue weighted by Gasteiger charge is -2.29. The van der Waals surface area contributed by atoms with Gasteiger partial charge in [0.05, 0.1) is 13.1 Å². The van der Waals surface area contributed by atoms with Crippen molar-refractivity contribution in [2.45, 2.75) is 12.8 Å². The molecular formula is C13H14N2O4. The Morgan fingerprint density at radius 1 is 1.21 bits per heavy atom. The van der Waals surface area contributed by atoms with Gasteiger partial charge in [0.15, 0.2) is 0 Å². The Morgan fingerprint density at radius 2 is 1.84 bits per heavy atom. The molecule has 100 valence electrons. The van der Waals surface area contributed by atoms with Crippen LogP contribution in [0.1, 0.15) is 12.0 Å². The Hall–Kier alpha value is -2.37. The molecule has 6 heteroatoms. The molecule has 1 aromatic carbocycles. The largest absolute Gasteiger partial charge is 0.481 e. The number of carboxylic acid groups (broad SMARTS) is 1. The van der Waals surface area contributed by atoms with Gasteiger partial charge in [-0.3, -0.25) is 19.7 Å². The Bertz CT molecular complexity index is 511. The summed E-state index contributed by atoms with van der Waals surface area (Å²) in [7, 11) is 0. The van der Waals surface area contributed by atoms with Gasteiger partial charge in [0.1, 0.15) is 0 Å². The maximum Gasteiger partial charge on any atom is 0.303 e. The summed E-state index contributed by atoms with van der Waals surface area (Å²) < 4.78 is 0. The monoisotopic (exact) mass is 262 g/mol. The summed E-state index contributed by atoms with van der Waals surface area (Å²) >= 11 is 0. The molecule has 1 heterocycles. The molecule has 0 saturated carbocycles. The Balaban J connectivity index is 2.21. The molecule has 6 nitrogen and oxygen atoms in total. The first-order chi connectivity index (χ1) is 9.06. The zero-order valence-corrected chi connectivity index (χ0v) is 10.3. The Morgan fingerprint density at radius 3 is 2.47 bits per heavy atom. The average molecular weight is 262 g/mol. The van der Waals surface area contributed by atoms with Crippen LogP contribution in [0, 0.1) is 0 Å². The predicted octanol–water partition coefficient (Wildman–Crippen LogP) is 0.167. The number of benzene rings is 1. The van der Waals surface area contributed by atoms with Crippen LogP contribution in [0.4, 0.5) is 5.69 Å². The molecule has 0 aromatic heterocycles. The zero-order chi connectivity index (χ0) is 13.8. The highest BCUT2D eigenvalue weighted by atomic mass is 16.4. The number of carbonyl (C=O) groups is 3. The number of carbonyl (C=O) groups excluding carboxylic acids is 2. The highest BCUT2D eigenvalue weighted by Gasteiger charge is 2.24. The van der Waals surface area contributed by atoms with E-state index < -0.39 is 5.97 Å². The fourth-order valence-corrected chi connectivity index (χ4v) is 2.08. The maximum atomic E-state index is 11.4. The average Bonchev–Trinajstić information content (AvgIpc) is 2.35. The normalized spacial score (nSPS) is 15.3. The molecule has 1 aliphatic rings. The van der Waals surface area contributed by atoms with Crippen molar-refractivity contribution in [1.29, 1.82) is 0 Å². The van der Waals surface area contributed by atoms with E-state index >= 15 is 0 Å². The number of anilines is 1. The number of imide groups is 1. The van der Waals surface area contributed by atoms with Crippen LogP contribution in [-0.2, 0) is 20.8 Å². The molecular weight excluding hydrogens is 248 g/mol. The molecule has 1 aromatic rings. The van der Waals surface area contributed by atoms with Crippen molar-refractivity contribution >= 4 is 23.5 Å². The van der Waals surface area contributed by atoms with Gasteiger partial charge < -0.3 is 10.0 Å². The third-order valence-electron chi connectivity index (χ3n) is 2.89. The molecule has 0 bridgehead atoms. The highest BCUT2D eigenvalue weighted by Crippen LogP contribution is 2.22. The fourth-order valence-electron chi connectivity index (χ4n) is 2.08. The molecule has 2 N–H and O–H groups in total. The van der Waals surface area contributed by atoms with Gasteiger partial charge in [-0.05, 0) is 18.1 Å². The number of aryl methyl sites for hydroxylation is 1. The fraction of sp³-hybridized carbons (Fsp3) is 0.308. The van der Waals surface area contributed by atoms with Crippen molar-refractivity contribution in [2.24, 2.45) is 0 Å². The van der Waals surface area contributed by atoms with E-state index in [0.29, 0.717) is 6.42 Å². The van der Waals surface area contributed by atoms with Crippen LogP contribution in [0.2, 0.25) is 0 Å². The van der Waals surface area contributed by atoms with Gasteiger partial charge in [0, 0.05) is 12.1 Å². The number of nitrogens with one attached hydrogen (secondary N) is 1. The number of piperazine rings is 1. The van der Waals surface area contributed by atoms with Gasteiger partial charge in [-0.15, -0.1) is 0 Å². The topological polar surface area (TPSA) is 86.7 Å². The number of hydrogen-bond donors (Lipinski definition) is 2. The molecule has 0 atom stereocenters. The van der Waals surface area contributed by atoms with E-state index in [1.807, 2.05) is 12.1 Å². The van der Waals surface area contributed by atoms with Crippen molar-refractivity contribution in [3.05, 3.63) is 29.8 Å². The molecule has 0 unspecified atom stereocenters. The molecule has 0 radical (unpaired) electrons. The molecule has 1 saturated heterocycles.